The minimum atomic E-state index is -0.450. The monoisotopic (exact) mass is 327 g/mol. The van der Waals surface area contributed by atoms with Gasteiger partial charge >= 0.3 is 0 Å². The molecule has 7 heteroatoms. The molecular weight excluding hydrogens is 310 g/mol. The fraction of sp³-hybridized carbons (Fsp3) is 0.294. The summed E-state index contributed by atoms with van der Waals surface area (Å²) in [6.45, 7) is 5.01. The molecule has 0 spiro atoms. The predicted molar refractivity (Wildman–Crippen MR) is 92.2 cm³/mol. The molecule has 0 unspecified atom stereocenters. The Morgan fingerprint density at radius 2 is 1.38 bits per heavy atom. The summed E-state index contributed by atoms with van der Waals surface area (Å²) >= 11 is 0. The maximum absolute atomic E-state index is 11.1. The zero-order valence-corrected chi connectivity index (χ0v) is 13.4. The number of nitrogens with zero attached hydrogens (tertiary/aromatic N) is 3. The molecular formula is C17H17N3O4. The molecule has 1 heterocycles. The molecule has 0 saturated heterocycles. The zero-order chi connectivity index (χ0) is 17.4. The van der Waals surface area contributed by atoms with Crippen LogP contribution in [-0.4, -0.2) is 14.4 Å². The van der Waals surface area contributed by atoms with Gasteiger partial charge in [0.15, 0.2) is 0 Å². The Morgan fingerprint density at radius 3 is 1.75 bits per heavy atom. The first-order valence-corrected chi connectivity index (χ1v) is 7.73. The van der Waals surface area contributed by atoms with Crippen LogP contribution in [0.2, 0.25) is 0 Å². The summed E-state index contributed by atoms with van der Waals surface area (Å²) in [4.78, 5) is 21.2. The first-order valence-electron chi connectivity index (χ1n) is 7.73. The lowest BCUT2D eigenvalue weighted by Crippen LogP contribution is -2.01. The van der Waals surface area contributed by atoms with E-state index >= 15 is 0 Å². The van der Waals surface area contributed by atoms with Gasteiger partial charge in [-0.1, -0.05) is 13.8 Å². The second-order valence-electron chi connectivity index (χ2n) is 6.25. The van der Waals surface area contributed by atoms with Crippen molar-refractivity contribution in [3.63, 3.8) is 0 Å². The summed E-state index contributed by atoms with van der Waals surface area (Å²) in [5.74, 6) is 0.508. The summed E-state index contributed by atoms with van der Waals surface area (Å²) in [7, 11) is 0. The summed E-state index contributed by atoms with van der Waals surface area (Å²) in [6, 6.07) is 9.38. The number of benzene rings is 2. The van der Waals surface area contributed by atoms with Crippen molar-refractivity contribution >= 4 is 33.2 Å². The Bertz CT molecular complexity index is 888. The Balaban J connectivity index is 2.31. The number of rotatable bonds is 5. The van der Waals surface area contributed by atoms with E-state index in [9.17, 15) is 20.2 Å². The van der Waals surface area contributed by atoms with Crippen molar-refractivity contribution in [2.75, 3.05) is 0 Å². The van der Waals surface area contributed by atoms with Gasteiger partial charge in [0.2, 0.25) is 0 Å². The van der Waals surface area contributed by atoms with Crippen LogP contribution in [0.3, 0.4) is 0 Å². The number of fused-ring (bicyclic) bond motifs is 3. The Kier molecular flexibility index (Phi) is 3.92. The van der Waals surface area contributed by atoms with Crippen LogP contribution in [0.4, 0.5) is 11.4 Å². The van der Waals surface area contributed by atoms with E-state index in [4.69, 9.17) is 0 Å². The SMILES string of the molecule is CC(C)CCn1c2ccc([N+](=O)[O-])cc2c2cc([N+](=O)[O-])ccc21. The fourth-order valence-electron chi connectivity index (χ4n) is 2.94. The van der Waals surface area contributed by atoms with Crippen LogP contribution in [0, 0.1) is 26.1 Å². The normalized spacial score (nSPS) is 11.5. The highest BCUT2D eigenvalue weighted by Crippen LogP contribution is 2.34. The molecule has 124 valence electrons. The molecule has 2 aromatic carbocycles. The van der Waals surface area contributed by atoms with E-state index in [1.165, 1.54) is 24.3 Å². The molecule has 0 aliphatic carbocycles. The Labute approximate surface area is 137 Å². The molecule has 1 aromatic heterocycles. The summed E-state index contributed by atoms with van der Waals surface area (Å²) < 4.78 is 2.08. The second kappa shape index (κ2) is 5.92. The van der Waals surface area contributed by atoms with E-state index in [0.29, 0.717) is 16.7 Å². The first kappa shape index (κ1) is 15.9. The molecule has 3 aromatic rings. The van der Waals surface area contributed by atoms with Gasteiger partial charge in [-0.2, -0.15) is 0 Å². The van der Waals surface area contributed by atoms with Gasteiger partial charge in [-0.3, -0.25) is 20.2 Å². The topological polar surface area (TPSA) is 91.2 Å². The fourth-order valence-corrected chi connectivity index (χ4v) is 2.94. The minimum absolute atomic E-state index is 0.0167. The van der Waals surface area contributed by atoms with E-state index in [1.54, 1.807) is 12.1 Å². The van der Waals surface area contributed by atoms with Gasteiger partial charge in [0.25, 0.3) is 11.4 Å². The van der Waals surface area contributed by atoms with Gasteiger partial charge in [-0.25, -0.2) is 0 Å². The molecule has 0 atom stereocenters. The van der Waals surface area contributed by atoms with E-state index in [0.717, 1.165) is 24.0 Å². The van der Waals surface area contributed by atoms with Crippen molar-refractivity contribution in [2.24, 2.45) is 5.92 Å². The van der Waals surface area contributed by atoms with Crippen LogP contribution < -0.4 is 0 Å². The van der Waals surface area contributed by atoms with Crippen molar-refractivity contribution in [2.45, 2.75) is 26.8 Å². The quantitative estimate of drug-likeness (QED) is 0.503. The molecule has 0 aliphatic rings. The van der Waals surface area contributed by atoms with E-state index in [-0.39, 0.29) is 11.4 Å². The average molecular weight is 327 g/mol. The third-order valence-electron chi connectivity index (χ3n) is 4.18. The van der Waals surface area contributed by atoms with Crippen LogP contribution >= 0.6 is 0 Å². The highest BCUT2D eigenvalue weighted by Gasteiger charge is 2.17. The lowest BCUT2D eigenvalue weighted by Gasteiger charge is -2.09. The van der Waals surface area contributed by atoms with Gasteiger partial charge in [0.1, 0.15) is 0 Å². The van der Waals surface area contributed by atoms with Crippen molar-refractivity contribution in [3.05, 3.63) is 56.6 Å². The number of hydrogen-bond acceptors (Lipinski definition) is 4. The largest absolute Gasteiger partial charge is 0.340 e. The number of aryl methyl sites for hydroxylation is 1. The molecule has 0 amide bonds. The standard InChI is InChI=1S/C17H17N3O4/c1-11(2)7-8-18-16-5-3-12(19(21)22)9-14(16)15-10-13(20(23)24)4-6-17(15)18/h3-6,9-11H,7-8H2,1-2H3. The van der Waals surface area contributed by atoms with Gasteiger partial charge in [-0.15, -0.1) is 0 Å². The van der Waals surface area contributed by atoms with Crippen molar-refractivity contribution in [1.29, 1.82) is 0 Å². The molecule has 0 fully saturated rings. The molecule has 0 bridgehead atoms. The van der Waals surface area contributed by atoms with Gasteiger partial charge < -0.3 is 4.57 Å². The maximum Gasteiger partial charge on any atom is 0.270 e. The van der Waals surface area contributed by atoms with Gasteiger partial charge in [0, 0.05) is 52.6 Å². The minimum Gasteiger partial charge on any atom is -0.340 e. The highest BCUT2D eigenvalue weighted by molar-refractivity contribution is 6.09. The highest BCUT2D eigenvalue weighted by atomic mass is 16.6. The van der Waals surface area contributed by atoms with E-state index in [1.807, 2.05) is 0 Å². The first-order chi connectivity index (χ1) is 11.4. The second-order valence-corrected chi connectivity index (χ2v) is 6.25. The van der Waals surface area contributed by atoms with Crippen LogP contribution in [-0.2, 0) is 6.54 Å². The third-order valence-corrected chi connectivity index (χ3v) is 4.18. The number of nitro groups is 2. The third kappa shape index (κ3) is 2.68. The number of nitro benzene ring substituents is 2. The molecule has 0 saturated carbocycles. The average Bonchev–Trinajstić information content (AvgIpc) is 2.85. The van der Waals surface area contributed by atoms with Crippen LogP contribution in [0.25, 0.3) is 21.8 Å². The lowest BCUT2D eigenvalue weighted by atomic mass is 10.1. The van der Waals surface area contributed by atoms with E-state index < -0.39 is 9.85 Å². The summed E-state index contributed by atoms with van der Waals surface area (Å²) in [6.07, 6.45) is 0.951. The van der Waals surface area contributed by atoms with Crippen LogP contribution in [0.5, 0.6) is 0 Å². The molecule has 0 aliphatic heterocycles. The number of aromatic nitrogens is 1. The molecule has 0 N–H and O–H groups in total. The molecule has 3 rings (SSSR count). The lowest BCUT2D eigenvalue weighted by molar-refractivity contribution is -0.385. The van der Waals surface area contributed by atoms with Crippen LogP contribution in [0.15, 0.2) is 36.4 Å². The van der Waals surface area contributed by atoms with E-state index in [2.05, 4.69) is 18.4 Å². The summed E-state index contributed by atoms with van der Waals surface area (Å²) in [5, 5.41) is 23.5. The van der Waals surface area contributed by atoms with Crippen molar-refractivity contribution < 1.29 is 9.85 Å². The maximum atomic E-state index is 11.1. The molecule has 24 heavy (non-hydrogen) atoms. The molecule has 0 radical (unpaired) electrons. The number of hydrogen-bond donors (Lipinski definition) is 0. The Hall–Kier alpha value is -2.96. The number of non-ortho nitro benzene ring substituents is 2. The van der Waals surface area contributed by atoms with Gasteiger partial charge in [-0.05, 0) is 24.5 Å². The van der Waals surface area contributed by atoms with Crippen LogP contribution in [0.1, 0.15) is 20.3 Å². The Morgan fingerprint density at radius 1 is 0.917 bits per heavy atom. The predicted octanol–water partition coefficient (Wildman–Crippen LogP) is 4.66. The van der Waals surface area contributed by atoms with Gasteiger partial charge in [0.05, 0.1) is 9.85 Å². The summed E-state index contributed by atoms with van der Waals surface area (Å²) in [5.41, 5.74) is 1.68. The molecule has 7 nitrogen and oxygen atoms in total. The smallest absolute Gasteiger partial charge is 0.270 e. The van der Waals surface area contributed by atoms with Crippen molar-refractivity contribution in [1.82, 2.24) is 4.57 Å². The zero-order valence-electron chi connectivity index (χ0n) is 13.4. The van der Waals surface area contributed by atoms with Crippen molar-refractivity contribution in [3.8, 4) is 0 Å².